The lowest BCUT2D eigenvalue weighted by Crippen LogP contribution is -2.29. The predicted octanol–water partition coefficient (Wildman–Crippen LogP) is 4.75. The van der Waals surface area contributed by atoms with Crippen molar-refractivity contribution in [1.29, 1.82) is 0 Å². The van der Waals surface area contributed by atoms with E-state index in [1.54, 1.807) is 20.3 Å². The average molecular weight is 448 g/mol. The number of fused-ring (bicyclic) bond motifs is 1. The van der Waals surface area contributed by atoms with Crippen LogP contribution in [-0.2, 0) is 9.47 Å². The molecule has 0 N–H and O–H groups in total. The van der Waals surface area contributed by atoms with Gasteiger partial charge in [0.25, 0.3) is 0 Å². The molecule has 2 rings (SSSR count). The molecule has 0 saturated carbocycles. The van der Waals surface area contributed by atoms with Crippen LogP contribution >= 0.6 is 34.9 Å². The van der Waals surface area contributed by atoms with Gasteiger partial charge in [-0.3, -0.25) is 4.79 Å². The van der Waals surface area contributed by atoms with Crippen LogP contribution < -0.4 is 10.3 Å². The lowest BCUT2D eigenvalue weighted by atomic mass is 10.3. The maximum absolute atomic E-state index is 12.4. The van der Waals surface area contributed by atoms with Crippen molar-refractivity contribution >= 4 is 51.0 Å². The van der Waals surface area contributed by atoms with Crippen LogP contribution in [0.1, 0.15) is 19.4 Å². The van der Waals surface area contributed by atoms with E-state index in [2.05, 4.69) is 4.90 Å². The summed E-state index contributed by atoms with van der Waals surface area (Å²) in [5.74, 6) is 4.55. The number of hydrogen-bond donors (Lipinski definition) is 0. The van der Waals surface area contributed by atoms with Gasteiger partial charge in [-0.25, -0.2) is 0 Å². The van der Waals surface area contributed by atoms with Crippen LogP contribution in [0.4, 0.5) is 5.88 Å². The Hall–Kier alpha value is -0.670. The van der Waals surface area contributed by atoms with Gasteiger partial charge in [-0.15, -0.1) is 11.3 Å². The summed E-state index contributed by atoms with van der Waals surface area (Å²) in [6.45, 7) is 9.18. The van der Waals surface area contributed by atoms with Gasteiger partial charge in [0.15, 0.2) is 11.5 Å². The summed E-state index contributed by atoms with van der Waals surface area (Å²) in [7, 11) is 3.44. The number of ether oxygens (including phenoxy) is 2. The Morgan fingerprint density at radius 3 is 2.14 bits per heavy atom. The highest BCUT2D eigenvalue weighted by molar-refractivity contribution is 7.99. The Bertz CT molecular complexity index is 703. The summed E-state index contributed by atoms with van der Waals surface area (Å²) in [5.41, 5.74) is 1.79. The van der Waals surface area contributed by atoms with Crippen LogP contribution in [-0.4, -0.2) is 63.5 Å². The van der Waals surface area contributed by atoms with Crippen LogP contribution in [0.15, 0.2) is 20.7 Å². The van der Waals surface area contributed by atoms with Crippen molar-refractivity contribution < 1.29 is 13.9 Å². The molecule has 0 atom stereocenters. The standard InChI is InChI=1S/C18H27NO4S3.C2H6/c1-14-13-26-18-15(20)12-16(23-17(14)18)19(4-8-24-10-6-21-2)5-9-25-11-7-22-3;1-2/h12-13H,4-11H2,1-3H3;1-2H3. The molecule has 0 bridgehead atoms. The number of methoxy groups -OCH3 is 2. The summed E-state index contributed by atoms with van der Waals surface area (Å²) < 4.78 is 17.0. The molecule has 0 saturated heterocycles. The van der Waals surface area contributed by atoms with E-state index >= 15 is 0 Å². The third-order valence-electron chi connectivity index (χ3n) is 3.79. The van der Waals surface area contributed by atoms with Crippen molar-refractivity contribution in [2.45, 2.75) is 20.8 Å². The zero-order valence-electron chi connectivity index (χ0n) is 17.6. The van der Waals surface area contributed by atoms with E-state index in [9.17, 15) is 4.79 Å². The first-order chi connectivity index (χ1) is 13.7. The smallest absolute Gasteiger partial charge is 0.204 e. The van der Waals surface area contributed by atoms with Gasteiger partial charge in [0.2, 0.25) is 5.43 Å². The fraction of sp³-hybridized carbons (Fsp3) is 0.650. The zero-order chi connectivity index (χ0) is 20.8. The minimum absolute atomic E-state index is 0.0448. The van der Waals surface area contributed by atoms with Crippen LogP contribution in [0.25, 0.3) is 10.3 Å². The Morgan fingerprint density at radius 1 is 1.04 bits per heavy atom. The minimum atomic E-state index is 0.0448. The number of hydrogen-bond acceptors (Lipinski definition) is 8. The maximum Gasteiger partial charge on any atom is 0.204 e. The van der Waals surface area contributed by atoms with Gasteiger partial charge in [0, 0.05) is 62.0 Å². The Morgan fingerprint density at radius 2 is 1.61 bits per heavy atom. The first-order valence-electron chi connectivity index (χ1n) is 9.57. The van der Waals surface area contributed by atoms with E-state index in [0.717, 1.165) is 60.5 Å². The molecule has 0 unspecified atom stereocenters. The van der Waals surface area contributed by atoms with E-state index < -0.39 is 0 Å². The molecule has 0 aliphatic carbocycles. The van der Waals surface area contributed by atoms with E-state index in [4.69, 9.17) is 13.9 Å². The summed E-state index contributed by atoms with van der Waals surface area (Å²) in [6.07, 6.45) is 0. The molecule has 0 spiro atoms. The molecule has 0 aliphatic heterocycles. The molecule has 0 amide bonds. The Labute approximate surface area is 181 Å². The lowest BCUT2D eigenvalue weighted by Gasteiger charge is -2.23. The number of aryl methyl sites for hydroxylation is 1. The van der Waals surface area contributed by atoms with Crippen LogP contribution in [0.5, 0.6) is 0 Å². The number of thiophene rings is 1. The number of nitrogens with zero attached hydrogens (tertiary/aromatic N) is 1. The Balaban J connectivity index is 0.00000190. The Kier molecular flexibility index (Phi) is 13.8. The van der Waals surface area contributed by atoms with Crippen molar-refractivity contribution in [3.63, 3.8) is 0 Å². The maximum atomic E-state index is 12.4. The van der Waals surface area contributed by atoms with Gasteiger partial charge in [0.1, 0.15) is 4.70 Å². The summed E-state index contributed by atoms with van der Waals surface area (Å²) >= 11 is 5.15. The van der Waals surface area contributed by atoms with Gasteiger partial charge < -0.3 is 18.8 Å². The first kappa shape index (κ1) is 25.4. The summed E-state index contributed by atoms with van der Waals surface area (Å²) in [6, 6.07) is 1.64. The number of thioether (sulfide) groups is 2. The van der Waals surface area contributed by atoms with Crippen molar-refractivity contribution in [3.8, 4) is 0 Å². The van der Waals surface area contributed by atoms with Gasteiger partial charge in [-0.2, -0.15) is 23.5 Å². The minimum Gasteiger partial charge on any atom is -0.439 e. The zero-order valence-corrected chi connectivity index (χ0v) is 20.1. The fourth-order valence-corrected chi connectivity index (χ4v) is 4.93. The third kappa shape index (κ3) is 8.37. The average Bonchev–Trinajstić information content (AvgIpc) is 3.09. The molecule has 8 heteroatoms. The summed E-state index contributed by atoms with van der Waals surface area (Å²) in [5, 5.41) is 1.98. The second-order valence-corrected chi connectivity index (χ2v) is 9.05. The first-order valence-corrected chi connectivity index (χ1v) is 12.8. The molecule has 0 aliphatic rings. The van der Waals surface area contributed by atoms with Crippen LogP contribution in [0.3, 0.4) is 0 Å². The van der Waals surface area contributed by atoms with Crippen molar-refractivity contribution in [3.05, 3.63) is 27.2 Å². The molecule has 160 valence electrons. The second-order valence-electron chi connectivity index (χ2n) is 5.72. The van der Waals surface area contributed by atoms with Gasteiger partial charge >= 0.3 is 0 Å². The number of rotatable bonds is 13. The second kappa shape index (κ2) is 15.2. The van der Waals surface area contributed by atoms with E-state index in [1.165, 1.54) is 11.3 Å². The molecule has 0 radical (unpaired) electrons. The monoisotopic (exact) mass is 447 g/mol. The van der Waals surface area contributed by atoms with Crippen LogP contribution in [0.2, 0.25) is 0 Å². The molecule has 28 heavy (non-hydrogen) atoms. The quantitative estimate of drug-likeness (QED) is 0.411. The van der Waals surface area contributed by atoms with E-state index in [-0.39, 0.29) is 5.43 Å². The highest BCUT2D eigenvalue weighted by Crippen LogP contribution is 2.27. The van der Waals surface area contributed by atoms with Gasteiger partial charge in [-0.1, -0.05) is 13.8 Å². The molecule has 2 heterocycles. The predicted molar refractivity (Wildman–Crippen MR) is 127 cm³/mol. The van der Waals surface area contributed by atoms with Gasteiger partial charge in [0.05, 0.1) is 13.2 Å². The van der Waals surface area contributed by atoms with Crippen molar-refractivity contribution in [1.82, 2.24) is 0 Å². The van der Waals surface area contributed by atoms with Crippen LogP contribution in [0, 0.1) is 6.92 Å². The SMILES string of the molecule is CC.COCCSCCN(CCSCCOC)c1cc(=O)c2scc(C)c2o1. The lowest BCUT2D eigenvalue weighted by molar-refractivity contribution is 0.218. The highest BCUT2D eigenvalue weighted by atomic mass is 32.2. The van der Waals surface area contributed by atoms with E-state index in [0.29, 0.717) is 10.6 Å². The molecule has 5 nitrogen and oxygen atoms in total. The molecular formula is C20H33NO4S3. The van der Waals surface area contributed by atoms with Crippen molar-refractivity contribution in [2.75, 3.05) is 68.4 Å². The number of anilines is 1. The fourth-order valence-electron chi connectivity index (χ4n) is 2.37. The molecular weight excluding hydrogens is 414 g/mol. The van der Waals surface area contributed by atoms with Crippen molar-refractivity contribution in [2.24, 2.45) is 0 Å². The summed E-state index contributed by atoms with van der Waals surface area (Å²) in [4.78, 5) is 14.6. The largest absolute Gasteiger partial charge is 0.439 e. The molecule has 2 aromatic heterocycles. The normalized spacial score (nSPS) is 10.8. The van der Waals surface area contributed by atoms with Gasteiger partial charge in [-0.05, 0) is 12.3 Å². The molecule has 0 fully saturated rings. The topological polar surface area (TPSA) is 51.9 Å². The third-order valence-corrected chi connectivity index (χ3v) is 6.74. The van der Waals surface area contributed by atoms with E-state index in [1.807, 2.05) is 49.7 Å². The molecule has 0 aromatic carbocycles. The highest BCUT2D eigenvalue weighted by Gasteiger charge is 2.14. The molecule has 2 aromatic rings.